The molecule has 1 aliphatic rings. The van der Waals surface area contributed by atoms with Crippen molar-refractivity contribution in [2.45, 2.75) is 19.0 Å². The first-order valence-corrected chi connectivity index (χ1v) is 8.24. The number of hydrogen-bond donors (Lipinski definition) is 0. The Labute approximate surface area is 149 Å². The molecule has 2 aromatic heterocycles. The van der Waals surface area contributed by atoms with Gasteiger partial charge < -0.3 is 9.64 Å². The number of hydrogen-bond acceptors (Lipinski definition) is 5. The van der Waals surface area contributed by atoms with Crippen molar-refractivity contribution in [3.05, 3.63) is 47.8 Å². The number of halogens is 3. The van der Waals surface area contributed by atoms with Gasteiger partial charge in [0, 0.05) is 25.4 Å². The quantitative estimate of drug-likeness (QED) is 0.831. The first-order valence-electron chi connectivity index (χ1n) is 8.24. The standard InChI is InChI=1S/C18H17F3N4O/c19-18(20,21)15-4-1-5-16(24-15)26-12-13-6-9-25(10-7-13)17-14(11-22)3-2-8-23-17/h1-5,8,13H,6-7,9-10,12H2. The van der Waals surface area contributed by atoms with Gasteiger partial charge in [-0.2, -0.15) is 18.4 Å². The normalized spacial score (nSPS) is 15.5. The molecule has 3 heterocycles. The number of piperidine rings is 1. The molecule has 5 nitrogen and oxygen atoms in total. The van der Waals surface area contributed by atoms with Gasteiger partial charge in [-0.05, 0) is 37.0 Å². The van der Waals surface area contributed by atoms with Crippen LogP contribution in [0.15, 0.2) is 36.5 Å². The van der Waals surface area contributed by atoms with E-state index in [1.54, 1.807) is 18.3 Å². The molecule has 26 heavy (non-hydrogen) atoms. The maximum Gasteiger partial charge on any atom is 0.433 e. The van der Waals surface area contributed by atoms with Crippen molar-refractivity contribution in [1.82, 2.24) is 9.97 Å². The molecule has 0 radical (unpaired) electrons. The molecule has 136 valence electrons. The summed E-state index contributed by atoms with van der Waals surface area (Å²) < 4.78 is 43.5. The van der Waals surface area contributed by atoms with E-state index < -0.39 is 11.9 Å². The average molecular weight is 362 g/mol. The van der Waals surface area contributed by atoms with Crippen LogP contribution in [-0.2, 0) is 6.18 Å². The molecule has 0 bridgehead atoms. The molecule has 2 aromatic rings. The van der Waals surface area contributed by atoms with Crippen molar-refractivity contribution in [1.29, 1.82) is 5.26 Å². The Morgan fingerprint density at radius 2 is 1.96 bits per heavy atom. The van der Waals surface area contributed by atoms with E-state index in [1.807, 2.05) is 0 Å². The maximum absolute atomic E-state index is 12.7. The third-order valence-electron chi connectivity index (χ3n) is 4.30. The van der Waals surface area contributed by atoms with E-state index in [2.05, 4.69) is 20.9 Å². The van der Waals surface area contributed by atoms with Crippen LogP contribution < -0.4 is 9.64 Å². The smallest absolute Gasteiger partial charge is 0.433 e. The largest absolute Gasteiger partial charge is 0.477 e. The monoisotopic (exact) mass is 362 g/mol. The Balaban J connectivity index is 1.54. The van der Waals surface area contributed by atoms with Gasteiger partial charge in [0.25, 0.3) is 0 Å². The Kier molecular flexibility index (Phi) is 5.26. The minimum Gasteiger partial charge on any atom is -0.477 e. The van der Waals surface area contributed by atoms with Crippen LogP contribution in [0.25, 0.3) is 0 Å². The molecule has 0 saturated carbocycles. The van der Waals surface area contributed by atoms with Crippen LogP contribution in [0.2, 0.25) is 0 Å². The molecule has 0 N–H and O–H groups in total. The fraction of sp³-hybridized carbons (Fsp3) is 0.389. The summed E-state index contributed by atoms with van der Waals surface area (Å²) in [4.78, 5) is 9.84. The number of aromatic nitrogens is 2. The number of alkyl halides is 3. The third kappa shape index (κ3) is 4.23. The molecule has 8 heteroatoms. The van der Waals surface area contributed by atoms with Crippen molar-refractivity contribution < 1.29 is 17.9 Å². The van der Waals surface area contributed by atoms with Gasteiger partial charge in [-0.25, -0.2) is 9.97 Å². The molecule has 0 atom stereocenters. The van der Waals surface area contributed by atoms with Gasteiger partial charge in [-0.1, -0.05) is 6.07 Å². The molecule has 3 rings (SSSR count). The summed E-state index contributed by atoms with van der Waals surface area (Å²) >= 11 is 0. The minimum absolute atomic E-state index is 0.0150. The lowest BCUT2D eigenvalue weighted by atomic mass is 9.97. The molecule has 1 saturated heterocycles. The molecule has 0 unspecified atom stereocenters. The highest BCUT2D eigenvalue weighted by Gasteiger charge is 2.32. The van der Waals surface area contributed by atoms with Crippen molar-refractivity contribution in [2.75, 3.05) is 24.6 Å². The van der Waals surface area contributed by atoms with E-state index in [4.69, 9.17) is 10.00 Å². The first kappa shape index (κ1) is 18.0. The molecular weight excluding hydrogens is 345 g/mol. The number of anilines is 1. The fourth-order valence-corrected chi connectivity index (χ4v) is 2.90. The zero-order valence-corrected chi connectivity index (χ0v) is 13.9. The minimum atomic E-state index is -4.48. The average Bonchev–Trinajstić information content (AvgIpc) is 2.66. The van der Waals surface area contributed by atoms with Crippen LogP contribution in [0.3, 0.4) is 0 Å². The summed E-state index contributed by atoms with van der Waals surface area (Å²) in [6.45, 7) is 1.75. The van der Waals surface area contributed by atoms with Gasteiger partial charge in [0.05, 0.1) is 12.2 Å². The summed E-state index contributed by atoms with van der Waals surface area (Å²) in [7, 11) is 0. The van der Waals surface area contributed by atoms with Gasteiger partial charge in [0.2, 0.25) is 5.88 Å². The molecule has 0 amide bonds. The van der Waals surface area contributed by atoms with Crippen LogP contribution in [0.4, 0.5) is 19.0 Å². The van der Waals surface area contributed by atoms with Gasteiger partial charge in [0.15, 0.2) is 0 Å². The summed E-state index contributed by atoms with van der Waals surface area (Å²) in [6.07, 6.45) is -1.21. The predicted molar refractivity (Wildman–Crippen MR) is 88.6 cm³/mol. The topological polar surface area (TPSA) is 62.0 Å². The van der Waals surface area contributed by atoms with Crippen LogP contribution in [0.5, 0.6) is 5.88 Å². The highest BCUT2D eigenvalue weighted by atomic mass is 19.4. The lowest BCUT2D eigenvalue weighted by Gasteiger charge is -2.32. The van der Waals surface area contributed by atoms with E-state index in [0.717, 1.165) is 32.0 Å². The number of nitrogens with zero attached hydrogens (tertiary/aromatic N) is 4. The van der Waals surface area contributed by atoms with Crippen LogP contribution in [-0.4, -0.2) is 29.7 Å². The van der Waals surface area contributed by atoms with E-state index in [0.29, 0.717) is 18.0 Å². The van der Waals surface area contributed by atoms with Crippen molar-refractivity contribution in [3.8, 4) is 11.9 Å². The lowest BCUT2D eigenvalue weighted by Crippen LogP contribution is -2.36. The molecule has 0 spiro atoms. The Hall–Kier alpha value is -2.82. The first-order chi connectivity index (χ1) is 12.5. The molecule has 0 aromatic carbocycles. The molecule has 0 aliphatic carbocycles. The second kappa shape index (κ2) is 7.60. The molecule has 1 aliphatic heterocycles. The van der Waals surface area contributed by atoms with Crippen LogP contribution in [0, 0.1) is 17.2 Å². The maximum atomic E-state index is 12.7. The summed E-state index contributed by atoms with van der Waals surface area (Å²) in [6, 6.07) is 9.24. The van der Waals surface area contributed by atoms with Gasteiger partial charge >= 0.3 is 6.18 Å². The second-order valence-electron chi connectivity index (χ2n) is 6.09. The van der Waals surface area contributed by atoms with Gasteiger partial charge in [0.1, 0.15) is 17.6 Å². The Bertz CT molecular complexity index is 796. The fourth-order valence-electron chi connectivity index (χ4n) is 2.90. The van der Waals surface area contributed by atoms with E-state index >= 15 is 0 Å². The molecular formula is C18H17F3N4O. The van der Waals surface area contributed by atoms with E-state index in [9.17, 15) is 13.2 Å². The summed E-state index contributed by atoms with van der Waals surface area (Å²) in [5.41, 5.74) is -0.417. The van der Waals surface area contributed by atoms with Crippen molar-refractivity contribution in [2.24, 2.45) is 5.92 Å². The summed E-state index contributed by atoms with van der Waals surface area (Å²) in [5.74, 6) is 0.879. The Morgan fingerprint density at radius 1 is 1.19 bits per heavy atom. The van der Waals surface area contributed by atoms with Crippen molar-refractivity contribution >= 4 is 5.82 Å². The predicted octanol–water partition coefficient (Wildman–Crippen LogP) is 3.66. The number of ether oxygens (including phenoxy) is 1. The summed E-state index contributed by atoms with van der Waals surface area (Å²) in [5, 5.41) is 9.17. The highest BCUT2D eigenvalue weighted by Crippen LogP contribution is 2.29. The third-order valence-corrected chi connectivity index (χ3v) is 4.30. The van der Waals surface area contributed by atoms with Gasteiger partial charge in [-0.15, -0.1) is 0 Å². The second-order valence-corrected chi connectivity index (χ2v) is 6.09. The molecule has 1 fully saturated rings. The van der Waals surface area contributed by atoms with E-state index in [-0.39, 0.29) is 11.8 Å². The SMILES string of the molecule is N#Cc1cccnc1N1CCC(COc2cccc(C(F)(F)F)n2)CC1. The van der Waals surface area contributed by atoms with Crippen LogP contribution >= 0.6 is 0 Å². The Morgan fingerprint density at radius 3 is 2.65 bits per heavy atom. The zero-order valence-electron chi connectivity index (χ0n) is 13.9. The van der Waals surface area contributed by atoms with E-state index in [1.165, 1.54) is 12.1 Å². The number of nitriles is 1. The van der Waals surface area contributed by atoms with Crippen molar-refractivity contribution in [3.63, 3.8) is 0 Å². The zero-order chi connectivity index (χ0) is 18.6. The highest BCUT2D eigenvalue weighted by molar-refractivity contribution is 5.53. The van der Waals surface area contributed by atoms with Crippen LogP contribution in [0.1, 0.15) is 24.1 Å². The van der Waals surface area contributed by atoms with Gasteiger partial charge in [-0.3, -0.25) is 0 Å². The lowest BCUT2D eigenvalue weighted by molar-refractivity contribution is -0.141. The number of rotatable bonds is 4. The number of pyridine rings is 2.